The molecule has 0 saturated carbocycles. The van der Waals surface area contributed by atoms with Gasteiger partial charge in [-0.2, -0.15) is 0 Å². The first kappa shape index (κ1) is 26.7. The van der Waals surface area contributed by atoms with Gasteiger partial charge >= 0.3 is 0 Å². The first-order valence-corrected chi connectivity index (χ1v) is 10.1. The van der Waals surface area contributed by atoms with E-state index < -0.39 is 11.7 Å². The van der Waals surface area contributed by atoms with Crippen LogP contribution in [0.3, 0.4) is 0 Å². The molecule has 1 unspecified atom stereocenters. The van der Waals surface area contributed by atoms with E-state index in [1.165, 1.54) is 12.1 Å². The molecule has 0 aliphatic carbocycles. The lowest BCUT2D eigenvalue weighted by Crippen LogP contribution is -2.42. The fraction of sp³-hybridized carbons (Fsp3) is 0.391. The topological polar surface area (TPSA) is 74.8 Å². The molecule has 0 spiro atoms. The Labute approximate surface area is 201 Å². The maximum atomic E-state index is 13.6. The average Bonchev–Trinajstić information content (AvgIpc) is 2.74. The van der Waals surface area contributed by atoms with E-state index in [0.717, 1.165) is 11.3 Å². The highest BCUT2D eigenvalue weighted by atomic mass is 127. The minimum Gasteiger partial charge on any atom is -0.493 e. The molecule has 2 rings (SSSR count). The number of nitrogens with one attached hydrogen (secondary N) is 3. The summed E-state index contributed by atoms with van der Waals surface area (Å²) < 4.78 is 19.3. The Kier molecular flexibility index (Phi) is 11.9. The predicted octanol–water partition coefficient (Wildman–Crippen LogP) is 4.13. The molecule has 0 bridgehead atoms. The maximum Gasteiger partial charge on any atom is 0.254 e. The number of aliphatic imine (C=N–C) groups is 1. The van der Waals surface area contributed by atoms with E-state index in [1.54, 1.807) is 19.2 Å². The number of benzene rings is 2. The van der Waals surface area contributed by atoms with Crippen molar-refractivity contribution in [3.8, 4) is 5.75 Å². The highest BCUT2D eigenvalue weighted by Crippen LogP contribution is 2.18. The van der Waals surface area contributed by atoms with E-state index in [4.69, 9.17) is 4.74 Å². The quantitative estimate of drug-likeness (QED) is 0.193. The molecular weight excluding hydrogens is 510 g/mol. The number of hydrogen-bond acceptors (Lipinski definition) is 3. The Hall–Kier alpha value is -2.36. The Morgan fingerprint density at radius 2 is 1.68 bits per heavy atom. The Bertz CT molecular complexity index is 844. The third kappa shape index (κ3) is 9.12. The fourth-order valence-corrected chi connectivity index (χ4v) is 2.70. The van der Waals surface area contributed by atoms with Gasteiger partial charge in [-0.3, -0.25) is 9.79 Å². The van der Waals surface area contributed by atoms with Gasteiger partial charge in [0.15, 0.2) is 5.96 Å². The summed E-state index contributed by atoms with van der Waals surface area (Å²) in [6.45, 7) is 7.75. The van der Waals surface area contributed by atoms with Crippen molar-refractivity contribution in [2.75, 3.05) is 26.7 Å². The zero-order valence-electron chi connectivity index (χ0n) is 18.4. The molecule has 0 heterocycles. The largest absolute Gasteiger partial charge is 0.493 e. The molecular formula is C23H32FIN4O2. The molecule has 1 amide bonds. The van der Waals surface area contributed by atoms with Crippen LogP contribution < -0.4 is 20.7 Å². The van der Waals surface area contributed by atoms with Crippen molar-refractivity contribution in [3.63, 3.8) is 0 Å². The van der Waals surface area contributed by atoms with E-state index in [9.17, 15) is 9.18 Å². The van der Waals surface area contributed by atoms with Gasteiger partial charge in [0.1, 0.15) is 11.6 Å². The van der Waals surface area contributed by atoms with Crippen LogP contribution in [0.2, 0.25) is 0 Å². The number of ether oxygens (including phenoxy) is 1. The summed E-state index contributed by atoms with van der Waals surface area (Å²) in [4.78, 5) is 16.2. The lowest BCUT2D eigenvalue weighted by atomic mass is 10.1. The van der Waals surface area contributed by atoms with E-state index >= 15 is 0 Å². The van der Waals surface area contributed by atoms with Crippen LogP contribution in [0, 0.1) is 11.7 Å². The molecule has 170 valence electrons. The molecule has 31 heavy (non-hydrogen) atoms. The lowest BCUT2D eigenvalue weighted by Gasteiger charge is -2.19. The van der Waals surface area contributed by atoms with Crippen LogP contribution in [-0.4, -0.2) is 38.6 Å². The summed E-state index contributed by atoms with van der Waals surface area (Å²) in [6.07, 6.45) is 0. The van der Waals surface area contributed by atoms with Crippen molar-refractivity contribution < 1.29 is 13.9 Å². The molecule has 0 aromatic heterocycles. The normalized spacial score (nSPS) is 12.0. The van der Waals surface area contributed by atoms with Gasteiger partial charge in [0.05, 0.1) is 18.2 Å². The van der Waals surface area contributed by atoms with Crippen molar-refractivity contribution in [3.05, 3.63) is 65.5 Å². The van der Waals surface area contributed by atoms with Crippen molar-refractivity contribution >= 4 is 35.8 Å². The van der Waals surface area contributed by atoms with Crippen LogP contribution in [0.4, 0.5) is 4.39 Å². The Balaban J connectivity index is 0.00000480. The van der Waals surface area contributed by atoms with Gasteiger partial charge in [-0.05, 0) is 42.7 Å². The summed E-state index contributed by atoms with van der Waals surface area (Å²) in [5.41, 5.74) is 1.14. The zero-order valence-corrected chi connectivity index (χ0v) is 20.8. The minimum atomic E-state index is -0.533. The van der Waals surface area contributed by atoms with E-state index in [0.29, 0.717) is 31.6 Å². The van der Waals surface area contributed by atoms with Gasteiger partial charge in [-0.15, -0.1) is 24.0 Å². The van der Waals surface area contributed by atoms with Crippen molar-refractivity contribution in [2.24, 2.45) is 10.9 Å². The number of halogens is 2. The third-order valence-corrected chi connectivity index (χ3v) is 4.36. The van der Waals surface area contributed by atoms with Crippen LogP contribution in [0.25, 0.3) is 0 Å². The first-order valence-electron chi connectivity index (χ1n) is 10.1. The van der Waals surface area contributed by atoms with Gasteiger partial charge < -0.3 is 20.7 Å². The van der Waals surface area contributed by atoms with Gasteiger partial charge in [0, 0.05) is 20.1 Å². The SMILES string of the molecule is CN=C(NCCNC(=O)c1ccccc1F)NC(C)c1ccc(OCC(C)C)cc1.I. The van der Waals surface area contributed by atoms with E-state index in [1.807, 2.05) is 31.2 Å². The number of guanidine groups is 1. The summed E-state index contributed by atoms with van der Waals surface area (Å²) >= 11 is 0. The number of rotatable bonds is 9. The molecule has 0 saturated heterocycles. The molecule has 0 aliphatic rings. The lowest BCUT2D eigenvalue weighted by molar-refractivity contribution is 0.0950. The second-order valence-corrected chi connectivity index (χ2v) is 7.37. The number of carbonyl (C=O) groups is 1. The van der Waals surface area contributed by atoms with Crippen molar-refractivity contribution in [1.82, 2.24) is 16.0 Å². The second kappa shape index (κ2) is 13.8. The smallest absolute Gasteiger partial charge is 0.254 e. The molecule has 1 atom stereocenters. The second-order valence-electron chi connectivity index (χ2n) is 7.37. The molecule has 2 aromatic carbocycles. The van der Waals surface area contributed by atoms with Crippen molar-refractivity contribution in [2.45, 2.75) is 26.8 Å². The molecule has 0 aliphatic heterocycles. The van der Waals surface area contributed by atoms with Gasteiger partial charge in [-0.1, -0.05) is 38.1 Å². The zero-order chi connectivity index (χ0) is 21.9. The van der Waals surface area contributed by atoms with Crippen molar-refractivity contribution in [1.29, 1.82) is 0 Å². The monoisotopic (exact) mass is 542 g/mol. The Morgan fingerprint density at radius 3 is 2.29 bits per heavy atom. The molecule has 2 aromatic rings. The number of hydrogen-bond donors (Lipinski definition) is 3. The summed E-state index contributed by atoms with van der Waals surface area (Å²) in [7, 11) is 1.68. The molecule has 0 fully saturated rings. The highest BCUT2D eigenvalue weighted by Gasteiger charge is 2.11. The third-order valence-electron chi connectivity index (χ3n) is 4.36. The van der Waals surface area contributed by atoms with Gasteiger partial charge in [0.25, 0.3) is 5.91 Å². The van der Waals surface area contributed by atoms with Crippen LogP contribution >= 0.6 is 24.0 Å². The fourth-order valence-electron chi connectivity index (χ4n) is 2.70. The molecule has 6 nitrogen and oxygen atoms in total. The van der Waals surface area contributed by atoms with E-state index in [-0.39, 0.29) is 35.6 Å². The van der Waals surface area contributed by atoms with E-state index in [2.05, 4.69) is 34.8 Å². The van der Waals surface area contributed by atoms with Gasteiger partial charge in [0.2, 0.25) is 0 Å². The van der Waals surface area contributed by atoms with Crippen LogP contribution in [0.5, 0.6) is 5.75 Å². The number of carbonyl (C=O) groups excluding carboxylic acids is 1. The predicted molar refractivity (Wildman–Crippen MR) is 134 cm³/mol. The van der Waals surface area contributed by atoms with Crippen LogP contribution in [0.1, 0.15) is 42.7 Å². The maximum absolute atomic E-state index is 13.6. The summed E-state index contributed by atoms with van der Waals surface area (Å²) in [5.74, 6) is 0.979. The number of amides is 1. The number of nitrogens with zero attached hydrogens (tertiary/aromatic N) is 1. The van der Waals surface area contributed by atoms with Gasteiger partial charge in [-0.25, -0.2) is 4.39 Å². The molecule has 8 heteroatoms. The molecule has 3 N–H and O–H groups in total. The average molecular weight is 542 g/mol. The summed E-state index contributed by atoms with van der Waals surface area (Å²) in [5, 5.41) is 9.14. The minimum absolute atomic E-state index is 0. The highest BCUT2D eigenvalue weighted by molar-refractivity contribution is 14.0. The first-order chi connectivity index (χ1) is 14.4. The standard InChI is InChI=1S/C23H31FN4O2.HI/c1-16(2)15-30-19-11-9-18(10-12-19)17(3)28-23(25-4)27-14-13-26-22(29)20-7-5-6-8-21(20)24;/h5-12,16-17H,13-15H2,1-4H3,(H,26,29)(H2,25,27,28);1H. The summed E-state index contributed by atoms with van der Waals surface area (Å²) in [6, 6.07) is 13.9. The van der Waals surface area contributed by atoms with Crippen LogP contribution in [-0.2, 0) is 0 Å². The van der Waals surface area contributed by atoms with Crippen LogP contribution in [0.15, 0.2) is 53.5 Å². The molecule has 0 radical (unpaired) electrons. The Morgan fingerprint density at radius 1 is 1.03 bits per heavy atom.